The van der Waals surface area contributed by atoms with Gasteiger partial charge in [-0.1, -0.05) is 13.8 Å². The Morgan fingerprint density at radius 2 is 2.36 bits per heavy atom. The summed E-state index contributed by atoms with van der Waals surface area (Å²) in [5.41, 5.74) is 1.18. The van der Waals surface area contributed by atoms with Gasteiger partial charge in [0.2, 0.25) is 0 Å². The lowest BCUT2D eigenvalue weighted by atomic mass is 9.83. The van der Waals surface area contributed by atoms with Crippen molar-refractivity contribution in [2.24, 2.45) is 11.8 Å². The standard InChI is InChI=1S/C11H15NOS/c1-7(2)8-3-4-9-10(5-8)14-11(6-13)12-9/h6-8H,3-5H2,1-2H3. The number of carbonyl (C=O) groups is 1. The largest absolute Gasteiger partial charge is 0.295 e. The van der Waals surface area contributed by atoms with Gasteiger partial charge in [0.05, 0.1) is 5.69 Å². The molecule has 1 aromatic rings. The first-order chi connectivity index (χ1) is 6.70. The molecule has 14 heavy (non-hydrogen) atoms. The molecule has 2 nitrogen and oxygen atoms in total. The molecule has 1 aliphatic carbocycles. The van der Waals surface area contributed by atoms with Crippen molar-refractivity contribution < 1.29 is 4.79 Å². The zero-order valence-electron chi connectivity index (χ0n) is 8.62. The topological polar surface area (TPSA) is 30.0 Å². The van der Waals surface area contributed by atoms with Crippen LogP contribution in [0.3, 0.4) is 0 Å². The monoisotopic (exact) mass is 209 g/mol. The SMILES string of the molecule is CC(C)C1CCc2nc(C=O)sc2C1. The van der Waals surface area contributed by atoms with E-state index < -0.39 is 0 Å². The maximum atomic E-state index is 10.6. The predicted octanol–water partition coefficient (Wildman–Crippen LogP) is 2.72. The molecular formula is C11H15NOS. The van der Waals surface area contributed by atoms with Crippen LogP contribution in [-0.2, 0) is 12.8 Å². The number of rotatable bonds is 2. The number of thiazole rings is 1. The molecule has 0 radical (unpaired) electrons. The molecule has 0 saturated carbocycles. The number of aromatic nitrogens is 1. The molecule has 0 bridgehead atoms. The van der Waals surface area contributed by atoms with Gasteiger partial charge in [-0.15, -0.1) is 11.3 Å². The van der Waals surface area contributed by atoms with Crippen molar-refractivity contribution in [2.75, 3.05) is 0 Å². The van der Waals surface area contributed by atoms with E-state index in [9.17, 15) is 4.79 Å². The van der Waals surface area contributed by atoms with E-state index in [4.69, 9.17) is 0 Å². The summed E-state index contributed by atoms with van der Waals surface area (Å²) in [5.74, 6) is 1.52. The summed E-state index contributed by atoms with van der Waals surface area (Å²) in [5, 5.41) is 0.652. The summed E-state index contributed by atoms with van der Waals surface area (Å²) >= 11 is 1.58. The van der Waals surface area contributed by atoms with E-state index in [0.717, 1.165) is 31.0 Å². The van der Waals surface area contributed by atoms with Crippen molar-refractivity contribution in [1.29, 1.82) is 0 Å². The Bertz CT molecular complexity index is 343. The van der Waals surface area contributed by atoms with Crippen LogP contribution in [0.5, 0.6) is 0 Å². The number of nitrogens with zero attached hydrogens (tertiary/aromatic N) is 1. The molecule has 0 aliphatic heterocycles. The highest BCUT2D eigenvalue weighted by molar-refractivity contribution is 7.13. The van der Waals surface area contributed by atoms with Crippen LogP contribution < -0.4 is 0 Å². The highest BCUT2D eigenvalue weighted by Gasteiger charge is 2.24. The number of hydrogen-bond acceptors (Lipinski definition) is 3. The van der Waals surface area contributed by atoms with Crippen LogP contribution in [0, 0.1) is 11.8 Å². The Balaban J connectivity index is 2.21. The Morgan fingerprint density at radius 3 is 3.00 bits per heavy atom. The lowest BCUT2D eigenvalue weighted by Crippen LogP contribution is -2.17. The highest BCUT2D eigenvalue weighted by atomic mass is 32.1. The second kappa shape index (κ2) is 3.81. The van der Waals surface area contributed by atoms with E-state index in [1.165, 1.54) is 17.0 Å². The van der Waals surface area contributed by atoms with Gasteiger partial charge in [0.15, 0.2) is 11.3 Å². The highest BCUT2D eigenvalue weighted by Crippen LogP contribution is 2.32. The molecule has 2 rings (SSSR count). The Morgan fingerprint density at radius 1 is 1.57 bits per heavy atom. The number of hydrogen-bond donors (Lipinski definition) is 0. The van der Waals surface area contributed by atoms with E-state index in [-0.39, 0.29) is 0 Å². The molecule has 1 aliphatic rings. The molecule has 1 heterocycles. The van der Waals surface area contributed by atoms with E-state index in [1.807, 2.05) is 0 Å². The summed E-state index contributed by atoms with van der Waals surface area (Å²) in [4.78, 5) is 16.2. The van der Waals surface area contributed by atoms with Gasteiger partial charge in [-0.25, -0.2) is 4.98 Å². The minimum atomic E-state index is 0.652. The minimum Gasteiger partial charge on any atom is -0.295 e. The second-order valence-corrected chi connectivity index (χ2v) is 5.40. The predicted molar refractivity (Wildman–Crippen MR) is 57.9 cm³/mol. The average molecular weight is 209 g/mol. The fourth-order valence-corrected chi connectivity index (χ4v) is 3.06. The smallest absolute Gasteiger partial charge is 0.178 e. The zero-order chi connectivity index (χ0) is 10.1. The van der Waals surface area contributed by atoms with Crippen molar-refractivity contribution in [3.8, 4) is 0 Å². The summed E-state index contributed by atoms with van der Waals surface area (Å²) in [6, 6.07) is 0. The lowest BCUT2D eigenvalue weighted by molar-refractivity contribution is 0.112. The second-order valence-electron chi connectivity index (χ2n) is 4.29. The number of fused-ring (bicyclic) bond motifs is 1. The molecule has 0 fully saturated rings. The van der Waals surface area contributed by atoms with Crippen LogP contribution in [0.25, 0.3) is 0 Å². The fourth-order valence-electron chi connectivity index (χ4n) is 2.04. The van der Waals surface area contributed by atoms with Crippen molar-refractivity contribution in [3.63, 3.8) is 0 Å². The van der Waals surface area contributed by atoms with Gasteiger partial charge >= 0.3 is 0 Å². The maximum Gasteiger partial charge on any atom is 0.178 e. The van der Waals surface area contributed by atoms with Crippen LogP contribution >= 0.6 is 11.3 Å². The zero-order valence-corrected chi connectivity index (χ0v) is 9.43. The van der Waals surface area contributed by atoms with E-state index in [1.54, 1.807) is 11.3 Å². The van der Waals surface area contributed by atoms with Gasteiger partial charge in [0.1, 0.15) is 0 Å². The van der Waals surface area contributed by atoms with Crippen LogP contribution in [0.4, 0.5) is 0 Å². The third-order valence-electron chi connectivity index (χ3n) is 3.04. The normalized spacial score (nSPS) is 20.9. The maximum absolute atomic E-state index is 10.6. The Kier molecular flexibility index (Phi) is 2.68. The Labute approximate surface area is 88.4 Å². The molecule has 0 spiro atoms. The van der Waals surface area contributed by atoms with Crippen LogP contribution in [-0.4, -0.2) is 11.3 Å². The molecular weight excluding hydrogens is 194 g/mol. The molecule has 1 atom stereocenters. The Hall–Kier alpha value is -0.700. The van der Waals surface area contributed by atoms with Gasteiger partial charge in [0, 0.05) is 4.88 Å². The molecule has 1 aromatic heterocycles. The van der Waals surface area contributed by atoms with Crippen molar-refractivity contribution in [1.82, 2.24) is 4.98 Å². The molecule has 1 unspecified atom stereocenters. The molecule has 3 heteroatoms. The van der Waals surface area contributed by atoms with Crippen LogP contribution in [0.2, 0.25) is 0 Å². The number of carbonyl (C=O) groups excluding carboxylic acids is 1. The molecule has 0 amide bonds. The minimum absolute atomic E-state index is 0.652. The molecule has 0 aromatic carbocycles. The van der Waals surface area contributed by atoms with Crippen LogP contribution in [0.1, 0.15) is 40.6 Å². The lowest BCUT2D eigenvalue weighted by Gasteiger charge is -2.24. The summed E-state index contributed by atoms with van der Waals surface area (Å²) < 4.78 is 0. The molecule has 0 N–H and O–H groups in total. The van der Waals surface area contributed by atoms with E-state index in [2.05, 4.69) is 18.8 Å². The first-order valence-electron chi connectivity index (χ1n) is 5.14. The van der Waals surface area contributed by atoms with Crippen molar-refractivity contribution in [3.05, 3.63) is 15.6 Å². The van der Waals surface area contributed by atoms with Crippen molar-refractivity contribution in [2.45, 2.75) is 33.1 Å². The van der Waals surface area contributed by atoms with Gasteiger partial charge in [0.25, 0.3) is 0 Å². The van der Waals surface area contributed by atoms with Gasteiger partial charge in [-0.2, -0.15) is 0 Å². The summed E-state index contributed by atoms with van der Waals surface area (Å²) in [6.45, 7) is 4.55. The first-order valence-corrected chi connectivity index (χ1v) is 5.96. The van der Waals surface area contributed by atoms with Gasteiger partial charge in [-0.05, 0) is 31.1 Å². The number of aldehydes is 1. The number of aryl methyl sites for hydroxylation is 1. The third-order valence-corrected chi connectivity index (χ3v) is 4.08. The average Bonchev–Trinajstić information content (AvgIpc) is 2.58. The fraction of sp³-hybridized carbons (Fsp3) is 0.636. The molecule has 0 saturated heterocycles. The summed E-state index contributed by atoms with van der Waals surface area (Å²) in [7, 11) is 0. The van der Waals surface area contributed by atoms with Crippen LogP contribution in [0.15, 0.2) is 0 Å². The van der Waals surface area contributed by atoms with E-state index in [0.29, 0.717) is 5.01 Å². The van der Waals surface area contributed by atoms with Gasteiger partial charge in [-0.3, -0.25) is 4.79 Å². The summed E-state index contributed by atoms with van der Waals surface area (Å²) in [6.07, 6.45) is 4.28. The molecule has 76 valence electrons. The third kappa shape index (κ3) is 1.73. The van der Waals surface area contributed by atoms with Crippen molar-refractivity contribution >= 4 is 17.6 Å². The van der Waals surface area contributed by atoms with Gasteiger partial charge < -0.3 is 0 Å². The van der Waals surface area contributed by atoms with E-state index >= 15 is 0 Å². The quantitative estimate of drug-likeness (QED) is 0.701. The first kappa shape index (κ1) is 9.84.